The van der Waals surface area contributed by atoms with E-state index >= 15 is 0 Å². The first-order valence-electron chi connectivity index (χ1n) is 15.5. The van der Waals surface area contributed by atoms with Crippen LogP contribution in [0.15, 0.2) is 158 Å². The van der Waals surface area contributed by atoms with E-state index in [0.29, 0.717) is 0 Å². The molecule has 220 valence electrons. The first-order chi connectivity index (χ1) is 23.2. The Morgan fingerprint density at radius 3 is 1.62 bits per heavy atom. The summed E-state index contributed by atoms with van der Waals surface area (Å²) < 4.78 is 0. The molecular weight excluding hydrogens is 593 g/mol. The maximum Gasteiger partial charge on any atom is 0.115 e. The fraction of sp³-hybridized carbons (Fsp3) is 0. The number of thiol groups is 1. The molecule has 8 aromatic rings. The molecule has 0 saturated heterocycles. The standard InChI is InChI=1S/C42H26N4S/c47-38-16-15-35-40-33(38)13-6-14-34(40)42-39(30-12-5-10-28(18-30)32-22-45-25-46-23-32)36(26-7-2-1-3-8-26)19-37(41(35)42)29-11-4-9-27(17-29)31-20-43-24-44-21-31/h1-25,47H. The van der Waals surface area contributed by atoms with Crippen LogP contribution in [0, 0.1) is 0 Å². The highest BCUT2D eigenvalue weighted by atomic mass is 32.1. The third kappa shape index (κ3) is 4.55. The second-order valence-electron chi connectivity index (χ2n) is 11.7. The first-order valence-corrected chi connectivity index (χ1v) is 15.9. The summed E-state index contributed by atoms with van der Waals surface area (Å²) in [6.45, 7) is 0. The minimum absolute atomic E-state index is 0.974. The lowest BCUT2D eigenvalue weighted by Gasteiger charge is -2.21. The Balaban J connectivity index is 1.41. The molecule has 0 atom stereocenters. The van der Waals surface area contributed by atoms with E-state index in [1.807, 2.05) is 24.8 Å². The molecule has 1 aliphatic rings. The second-order valence-corrected chi connectivity index (χ2v) is 12.2. The lowest BCUT2D eigenvalue weighted by molar-refractivity contribution is 1.17. The molecule has 2 heterocycles. The molecule has 0 unspecified atom stereocenters. The van der Waals surface area contributed by atoms with Crippen LogP contribution < -0.4 is 0 Å². The number of nitrogens with zero attached hydrogens (tertiary/aromatic N) is 4. The van der Waals surface area contributed by atoms with Crippen molar-refractivity contribution >= 4 is 23.4 Å². The zero-order chi connectivity index (χ0) is 31.3. The average molecular weight is 619 g/mol. The summed E-state index contributed by atoms with van der Waals surface area (Å²) in [6, 6.07) is 41.5. The Kier molecular flexibility index (Phi) is 6.51. The number of hydrogen-bond acceptors (Lipinski definition) is 5. The summed E-state index contributed by atoms with van der Waals surface area (Å²) in [5.74, 6) is 0. The highest BCUT2D eigenvalue weighted by molar-refractivity contribution is 7.80. The molecule has 0 bridgehead atoms. The van der Waals surface area contributed by atoms with Gasteiger partial charge in [0, 0.05) is 40.8 Å². The van der Waals surface area contributed by atoms with Crippen LogP contribution in [0.5, 0.6) is 0 Å². The zero-order valence-corrected chi connectivity index (χ0v) is 26.1. The molecule has 0 spiro atoms. The van der Waals surface area contributed by atoms with Crippen molar-refractivity contribution in [1.29, 1.82) is 0 Å². The van der Waals surface area contributed by atoms with E-state index in [0.717, 1.165) is 49.2 Å². The van der Waals surface area contributed by atoms with E-state index in [1.54, 1.807) is 12.7 Å². The molecular formula is C42H26N4S. The molecule has 2 aromatic heterocycles. The number of rotatable bonds is 5. The molecule has 0 saturated carbocycles. The molecule has 0 N–H and O–H groups in total. The van der Waals surface area contributed by atoms with Gasteiger partial charge in [-0.1, -0.05) is 91.0 Å². The van der Waals surface area contributed by atoms with Crippen molar-refractivity contribution in [1.82, 2.24) is 19.9 Å². The van der Waals surface area contributed by atoms with Crippen LogP contribution in [-0.4, -0.2) is 19.9 Å². The van der Waals surface area contributed by atoms with Crippen LogP contribution in [0.1, 0.15) is 0 Å². The van der Waals surface area contributed by atoms with Gasteiger partial charge in [0.05, 0.1) is 0 Å². The maximum absolute atomic E-state index is 4.90. The summed E-state index contributed by atoms with van der Waals surface area (Å²) in [5, 5.41) is 2.39. The Bertz CT molecular complexity index is 2460. The van der Waals surface area contributed by atoms with Crippen molar-refractivity contribution in [3.8, 4) is 77.9 Å². The topological polar surface area (TPSA) is 51.6 Å². The van der Waals surface area contributed by atoms with E-state index in [4.69, 9.17) is 12.6 Å². The van der Waals surface area contributed by atoms with E-state index in [2.05, 4.69) is 135 Å². The molecule has 4 nitrogen and oxygen atoms in total. The lowest BCUT2D eigenvalue weighted by atomic mass is 9.81. The van der Waals surface area contributed by atoms with Gasteiger partial charge in [0.25, 0.3) is 0 Å². The first kappa shape index (κ1) is 27.4. The predicted octanol–water partition coefficient (Wildman–Crippen LogP) is 10.7. The third-order valence-corrected chi connectivity index (χ3v) is 9.47. The van der Waals surface area contributed by atoms with E-state index < -0.39 is 0 Å². The second kappa shape index (κ2) is 11.2. The Morgan fingerprint density at radius 1 is 0.362 bits per heavy atom. The molecule has 9 rings (SSSR count). The Morgan fingerprint density at radius 2 is 0.915 bits per heavy atom. The number of aromatic nitrogens is 4. The zero-order valence-electron chi connectivity index (χ0n) is 25.2. The molecule has 0 amide bonds. The minimum Gasteiger partial charge on any atom is -0.244 e. The largest absolute Gasteiger partial charge is 0.244 e. The van der Waals surface area contributed by atoms with E-state index in [-0.39, 0.29) is 0 Å². The van der Waals surface area contributed by atoms with Gasteiger partial charge in [0.1, 0.15) is 12.7 Å². The fourth-order valence-electron chi connectivity index (χ4n) is 7.03. The number of fused-ring (bicyclic) bond motifs is 3. The van der Waals surface area contributed by atoms with Gasteiger partial charge in [-0.2, -0.15) is 0 Å². The van der Waals surface area contributed by atoms with Gasteiger partial charge in [0.2, 0.25) is 0 Å². The van der Waals surface area contributed by atoms with Gasteiger partial charge in [0.15, 0.2) is 0 Å². The molecule has 0 fully saturated rings. The summed E-state index contributed by atoms with van der Waals surface area (Å²) in [4.78, 5) is 18.1. The smallest absolute Gasteiger partial charge is 0.115 e. The van der Waals surface area contributed by atoms with E-state index in [1.165, 1.54) is 44.3 Å². The van der Waals surface area contributed by atoms with E-state index in [9.17, 15) is 0 Å². The van der Waals surface area contributed by atoms with Crippen LogP contribution in [0.3, 0.4) is 0 Å². The summed E-state index contributed by atoms with van der Waals surface area (Å²) in [5.41, 5.74) is 16.0. The molecule has 1 aliphatic carbocycles. The predicted molar refractivity (Wildman–Crippen MR) is 194 cm³/mol. The van der Waals surface area contributed by atoms with Crippen LogP contribution >= 0.6 is 12.6 Å². The van der Waals surface area contributed by atoms with Crippen molar-refractivity contribution in [3.63, 3.8) is 0 Å². The van der Waals surface area contributed by atoms with Crippen molar-refractivity contribution in [2.45, 2.75) is 4.90 Å². The van der Waals surface area contributed by atoms with Gasteiger partial charge in [-0.25, -0.2) is 19.9 Å². The number of benzene rings is 6. The summed E-state index contributed by atoms with van der Waals surface area (Å²) >= 11 is 4.90. The van der Waals surface area contributed by atoms with Crippen LogP contribution in [0.2, 0.25) is 0 Å². The third-order valence-electron chi connectivity index (χ3n) is 9.08. The Labute approximate surface area is 277 Å². The molecule has 5 heteroatoms. The quantitative estimate of drug-likeness (QED) is 0.195. The number of hydrogen-bond donors (Lipinski definition) is 1. The monoisotopic (exact) mass is 618 g/mol. The fourth-order valence-corrected chi connectivity index (χ4v) is 7.29. The van der Waals surface area contributed by atoms with Gasteiger partial charge in [-0.3, -0.25) is 0 Å². The van der Waals surface area contributed by atoms with Crippen LogP contribution in [0.25, 0.3) is 88.7 Å². The molecule has 47 heavy (non-hydrogen) atoms. The van der Waals surface area contributed by atoms with Crippen molar-refractivity contribution in [2.24, 2.45) is 0 Å². The maximum atomic E-state index is 4.90. The van der Waals surface area contributed by atoms with Gasteiger partial charge < -0.3 is 0 Å². The molecule has 0 aliphatic heterocycles. The minimum atomic E-state index is 0.974. The molecule has 6 aromatic carbocycles. The Hall–Kier alpha value is -5.91. The van der Waals surface area contributed by atoms with Crippen molar-refractivity contribution in [2.75, 3.05) is 0 Å². The van der Waals surface area contributed by atoms with Gasteiger partial charge in [-0.05, 0) is 102 Å². The molecule has 0 radical (unpaired) electrons. The van der Waals surface area contributed by atoms with Gasteiger partial charge >= 0.3 is 0 Å². The SMILES string of the molecule is Sc1ccc2c3c(cccc13)-c1c(-c3cccc(-c4cncnc4)c3)c(-c3ccccc3)cc(-c3cccc(-c4cncnc4)c3)c1-2. The highest BCUT2D eigenvalue weighted by Crippen LogP contribution is 2.58. The summed E-state index contributed by atoms with van der Waals surface area (Å²) in [6.07, 6.45) is 10.6. The van der Waals surface area contributed by atoms with Crippen molar-refractivity contribution in [3.05, 3.63) is 153 Å². The normalized spacial score (nSPS) is 11.5. The van der Waals surface area contributed by atoms with Crippen molar-refractivity contribution < 1.29 is 0 Å². The average Bonchev–Trinajstić information content (AvgIpc) is 3.49. The lowest BCUT2D eigenvalue weighted by Crippen LogP contribution is -1.95. The van der Waals surface area contributed by atoms with Crippen LogP contribution in [0.4, 0.5) is 0 Å². The summed E-state index contributed by atoms with van der Waals surface area (Å²) in [7, 11) is 0. The van der Waals surface area contributed by atoms with Gasteiger partial charge in [-0.15, -0.1) is 12.6 Å². The highest BCUT2D eigenvalue weighted by Gasteiger charge is 2.30. The van der Waals surface area contributed by atoms with Crippen LogP contribution in [-0.2, 0) is 0 Å².